The molecule has 0 saturated carbocycles. The van der Waals surface area contributed by atoms with Gasteiger partial charge in [0.2, 0.25) is 0 Å². The molecular weight excluding hydrogens is 336 g/mol. The zero-order valence-electron chi connectivity index (χ0n) is 16.7. The first-order chi connectivity index (χ1) is 12.8. The van der Waals surface area contributed by atoms with E-state index in [0.29, 0.717) is 18.4 Å². The van der Waals surface area contributed by atoms with Gasteiger partial charge < -0.3 is 15.4 Å². The number of fused-ring (bicyclic) bond motifs is 1. The van der Waals surface area contributed by atoms with Crippen LogP contribution < -0.4 is 10.6 Å². The van der Waals surface area contributed by atoms with Crippen LogP contribution in [0, 0.1) is 5.92 Å². The van der Waals surface area contributed by atoms with Crippen LogP contribution in [-0.2, 0) is 4.74 Å². The summed E-state index contributed by atoms with van der Waals surface area (Å²) in [5.74, 6) is 0.769. The summed E-state index contributed by atoms with van der Waals surface area (Å²) >= 11 is 0. The third-order valence-corrected chi connectivity index (χ3v) is 5.14. The first-order valence-electron chi connectivity index (χ1n) is 9.72. The number of nitrogens with one attached hydrogen (secondary N) is 2. The number of anilines is 1. The van der Waals surface area contributed by atoms with Crippen LogP contribution in [0.5, 0.6) is 0 Å². The van der Waals surface area contributed by atoms with E-state index in [1.807, 2.05) is 26.8 Å². The van der Waals surface area contributed by atoms with Gasteiger partial charge in [0.1, 0.15) is 5.60 Å². The molecule has 1 heterocycles. The van der Waals surface area contributed by atoms with Crippen molar-refractivity contribution in [3.8, 4) is 0 Å². The largest absolute Gasteiger partial charge is 0.444 e. The number of carbonyl (C=O) groups excluding carboxylic acids is 1. The molecular formula is C23H30N2O2. The lowest BCUT2D eigenvalue weighted by Crippen LogP contribution is -2.36. The van der Waals surface area contributed by atoms with E-state index in [4.69, 9.17) is 4.74 Å². The minimum Gasteiger partial charge on any atom is -0.444 e. The van der Waals surface area contributed by atoms with Crippen molar-refractivity contribution in [3.05, 3.63) is 65.7 Å². The SMILES string of the molecule is C[C@H]1c2ccccc2N[C@H](c2ccccc2)[C@H]1CCNC(=O)OC(C)(C)C. The Bertz CT molecular complexity index is 767. The Balaban J connectivity index is 1.75. The van der Waals surface area contributed by atoms with Crippen LogP contribution in [0.4, 0.5) is 10.5 Å². The van der Waals surface area contributed by atoms with Gasteiger partial charge in [-0.05, 0) is 56.2 Å². The first-order valence-corrected chi connectivity index (χ1v) is 9.72. The Morgan fingerprint density at radius 1 is 1.07 bits per heavy atom. The van der Waals surface area contributed by atoms with Gasteiger partial charge in [0.15, 0.2) is 0 Å². The molecule has 3 rings (SSSR count). The number of alkyl carbamates (subject to hydrolysis) is 1. The number of carbonyl (C=O) groups is 1. The van der Waals surface area contributed by atoms with Crippen LogP contribution in [0.3, 0.4) is 0 Å². The molecule has 0 spiro atoms. The first kappa shape index (κ1) is 19.3. The predicted molar refractivity (Wildman–Crippen MR) is 110 cm³/mol. The Kier molecular flexibility index (Phi) is 5.73. The number of hydrogen-bond acceptors (Lipinski definition) is 3. The molecule has 0 bridgehead atoms. The number of amides is 1. The predicted octanol–water partition coefficient (Wildman–Crippen LogP) is 5.49. The summed E-state index contributed by atoms with van der Waals surface area (Å²) in [5.41, 5.74) is 3.35. The molecule has 0 aliphatic carbocycles. The molecule has 4 heteroatoms. The normalized spacial score (nSPS) is 21.7. The van der Waals surface area contributed by atoms with Gasteiger partial charge in [-0.1, -0.05) is 55.5 Å². The third kappa shape index (κ3) is 4.82. The van der Waals surface area contributed by atoms with E-state index >= 15 is 0 Å². The van der Waals surface area contributed by atoms with Crippen LogP contribution >= 0.6 is 0 Å². The second-order valence-corrected chi connectivity index (χ2v) is 8.29. The van der Waals surface area contributed by atoms with Crippen LogP contribution in [0.25, 0.3) is 0 Å². The van der Waals surface area contributed by atoms with Gasteiger partial charge in [-0.2, -0.15) is 0 Å². The zero-order chi connectivity index (χ0) is 19.4. The fourth-order valence-electron chi connectivity index (χ4n) is 3.88. The fourth-order valence-corrected chi connectivity index (χ4v) is 3.88. The molecule has 2 aromatic carbocycles. The molecule has 0 radical (unpaired) electrons. The Hall–Kier alpha value is -2.49. The molecule has 0 unspecified atom stereocenters. The smallest absolute Gasteiger partial charge is 0.407 e. The summed E-state index contributed by atoms with van der Waals surface area (Å²) in [6, 6.07) is 19.3. The van der Waals surface area contributed by atoms with Gasteiger partial charge >= 0.3 is 6.09 Å². The average Bonchev–Trinajstić information content (AvgIpc) is 2.62. The minimum absolute atomic E-state index is 0.219. The van der Waals surface area contributed by atoms with Crippen LogP contribution in [-0.4, -0.2) is 18.2 Å². The van der Waals surface area contributed by atoms with Gasteiger partial charge in [0.05, 0.1) is 6.04 Å². The minimum atomic E-state index is -0.477. The highest BCUT2D eigenvalue weighted by molar-refractivity contribution is 5.67. The van der Waals surface area contributed by atoms with Gasteiger partial charge in [0.25, 0.3) is 0 Å². The highest BCUT2D eigenvalue weighted by Crippen LogP contribution is 2.45. The van der Waals surface area contributed by atoms with E-state index < -0.39 is 5.60 Å². The Morgan fingerprint density at radius 3 is 2.44 bits per heavy atom. The van der Waals surface area contributed by atoms with Crippen molar-refractivity contribution < 1.29 is 9.53 Å². The second-order valence-electron chi connectivity index (χ2n) is 8.29. The Labute approximate surface area is 162 Å². The molecule has 0 saturated heterocycles. The molecule has 3 atom stereocenters. The van der Waals surface area contributed by atoms with Crippen molar-refractivity contribution >= 4 is 11.8 Å². The average molecular weight is 367 g/mol. The topological polar surface area (TPSA) is 50.4 Å². The van der Waals surface area contributed by atoms with Crippen molar-refractivity contribution in [3.63, 3.8) is 0 Å². The number of hydrogen-bond donors (Lipinski definition) is 2. The maximum absolute atomic E-state index is 12.0. The summed E-state index contributed by atoms with van der Waals surface area (Å²) in [4.78, 5) is 12.0. The maximum atomic E-state index is 12.0. The summed E-state index contributed by atoms with van der Waals surface area (Å²) in [6.07, 6.45) is 0.525. The molecule has 1 aliphatic rings. The summed E-state index contributed by atoms with van der Waals surface area (Å²) in [7, 11) is 0. The quantitative estimate of drug-likeness (QED) is 0.752. The number of ether oxygens (including phenoxy) is 1. The molecule has 144 valence electrons. The standard InChI is InChI=1S/C23H30N2O2/c1-16-18-12-8-9-13-20(18)25-21(17-10-6-5-7-11-17)19(16)14-15-24-22(26)27-23(2,3)4/h5-13,16,19,21,25H,14-15H2,1-4H3,(H,24,26)/t16-,19-,21+/m0/s1. The lowest BCUT2D eigenvalue weighted by Gasteiger charge is -2.40. The Morgan fingerprint density at radius 2 is 1.74 bits per heavy atom. The number of benzene rings is 2. The van der Waals surface area contributed by atoms with Crippen molar-refractivity contribution in [2.24, 2.45) is 5.92 Å². The van der Waals surface area contributed by atoms with Crippen molar-refractivity contribution in [1.82, 2.24) is 5.32 Å². The van der Waals surface area contributed by atoms with E-state index in [1.54, 1.807) is 0 Å². The molecule has 0 fully saturated rings. The third-order valence-electron chi connectivity index (χ3n) is 5.14. The van der Waals surface area contributed by atoms with Gasteiger partial charge in [0, 0.05) is 12.2 Å². The van der Waals surface area contributed by atoms with Crippen LogP contribution in [0.2, 0.25) is 0 Å². The molecule has 2 aromatic rings. The monoisotopic (exact) mass is 366 g/mol. The van der Waals surface area contributed by atoms with Crippen molar-refractivity contribution in [2.75, 3.05) is 11.9 Å². The van der Waals surface area contributed by atoms with Gasteiger partial charge in [-0.15, -0.1) is 0 Å². The van der Waals surface area contributed by atoms with Gasteiger partial charge in [-0.3, -0.25) is 0 Å². The highest BCUT2D eigenvalue weighted by atomic mass is 16.6. The van der Waals surface area contributed by atoms with E-state index in [1.165, 1.54) is 16.8 Å². The number of para-hydroxylation sites is 1. The van der Waals surface area contributed by atoms with E-state index in [0.717, 1.165) is 6.42 Å². The fraction of sp³-hybridized carbons (Fsp3) is 0.435. The molecule has 1 amide bonds. The van der Waals surface area contributed by atoms with Crippen molar-refractivity contribution in [1.29, 1.82) is 0 Å². The zero-order valence-corrected chi connectivity index (χ0v) is 16.7. The van der Waals surface area contributed by atoms with E-state index in [2.05, 4.69) is 66.1 Å². The summed E-state index contributed by atoms with van der Waals surface area (Å²) < 4.78 is 5.36. The van der Waals surface area contributed by atoms with Crippen LogP contribution in [0.15, 0.2) is 54.6 Å². The van der Waals surface area contributed by atoms with Crippen molar-refractivity contribution in [2.45, 2.75) is 51.7 Å². The van der Waals surface area contributed by atoms with Crippen LogP contribution in [0.1, 0.15) is 57.2 Å². The lowest BCUT2D eigenvalue weighted by atomic mass is 9.74. The molecule has 2 N–H and O–H groups in total. The van der Waals surface area contributed by atoms with Gasteiger partial charge in [-0.25, -0.2) is 4.79 Å². The molecule has 27 heavy (non-hydrogen) atoms. The molecule has 0 aromatic heterocycles. The maximum Gasteiger partial charge on any atom is 0.407 e. The molecule has 4 nitrogen and oxygen atoms in total. The van der Waals surface area contributed by atoms with E-state index in [9.17, 15) is 4.79 Å². The summed E-state index contributed by atoms with van der Waals surface area (Å²) in [5, 5.41) is 6.64. The highest BCUT2D eigenvalue weighted by Gasteiger charge is 2.34. The number of rotatable bonds is 4. The molecule has 1 aliphatic heterocycles. The lowest BCUT2D eigenvalue weighted by molar-refractivity contribution is 0.0523. The second kappa shape index (κ2) is 8.03. The van der Waals surface area contributed by atoms with E-state index in [-0.39, 0.29) is 12.1 Å². The summed E-state index contributed by atoms with van der Waals surface area (Å²) in [6.45, 7) is 8.51.